The van der Waals surface area contributed by atoms with E-state index in [1.54, 1.807) is 82.5 Å². The maximum atomic E-state index is 14.0. The summed E-state index contributed by atoms with van der Waals surface area (Å²) in [5.41, 5.74) is -4.67. The predicted octanol–water partition coefficient (Wildman–Crippen LogP) is 3.54. The van der Waals surface area contributed by atoms with Crippen molar-refractivity contribution >= 4 is 17.8 Å². The molecule has 3 aliphatic carbocycles. The predicted molar refractivity (Wildman–Crippen MR) is 207 cm³/mol. The van der Waals surface area contributed by atoms with Crippen molar-refractivity contribution in [2.24, 2.45) is 22.7 Å². The fourth-order valence-electron chi connectivity index (χ4n) is 10.6. The minimum absolute atomic E-state index is 0.0326. The van der Waals surface area contributed by atoms with Crippen LogP contribution in [-0.2, 0) is 33.3 Å². The molecule has 2 aromatic carbocycles. The molecule has 0 spiro atoms. The third-order valence-electron chi connectivity index (χ3n) is 13.7. The molecule has 4 fully saturated rings. The maximum Gasteiger partial charge on any atom is 0.337 e. The molecule has 2 aromatic rings. The molecule has 0 radical (unpaired) electrons. The van der Waals surface area contributed by atoms with Gasteiger partial charge in [0.15, 0.2) is 18.5 Å². The summed E-state index contributed by atoms with van der Waals surface area (Å²) in [7, 11) is 1.56. The van der Waals surface area contributed by atoms with Crippen LogP contribution in [-0.4, -0.2) is 112 Å². The number of rotatable bonds is 10. The van der Waals surface area contributed by atoms with Gasteiger partial charge in [-0.1, -0.05) is 65.0 Å². The maximum absolute atomic E-state index is 14.0. The molecular formula is C44H57NO13. The van der Waals surface area contributed by atoms with Crippen LogP contribution in [0.2, 0.25) is 0 Å². The average molecular weight is 808 g/mol. The van der Waals surface area contributed by atoms with Crippen molar-refractivity contribution in [3.05, 3.63) is 76.9 Å². The van der Waals surface area contributed by atoms with Crippen LogP contribution in [0.25, 0.3) is 0 Å². The van der Waals surface area contributed by atoms with Crippen LogP contribution in [0.4, 0.5) is 0 Å². The first kappa shape index (κ1) is 42.2. The first-order valence-corrected chi connectivity index (χ1v) is 20.1. The van der Waals surface area contributed by atoms with E-state index in [1.807, 2.05) is 20.8 Å². The molecule has 2 bridgehead atoms. The van der Waals surface area contributed by atoms with E-state index in [0.29, 0.717) is 28.0 Å². The zero-order chi connectivity index (χ0) is 42.1. The zero-order valence-corrected chi connectivity index (χ0v) is 34.3. The first-order valence-electron chi connectivity index (χ1n) is 20.1. The fraction of sp³-hybridized carbons (Fsp3) is 0.614. The molecule has 1 amide bonds. The summed E-state index contributed by atoms with van der Waals surface area (Å²) < 4.78 is 37.2. The van der Waals surface area contributed by atoms with Crippen molar-refractivity contribution in [2.45, 2.75) is 134 Å². The Kier molecular flexibility index (Phi) is 11.1. The number of carbonyl (C=O) groups excluding carboxylic acids is 3. The third-order valence-corrected chi connectivity index (χ3v) is 13.7. The summed E-state index contributed by atoms with van der Waals surface area (Å²) in [6.45, 7) is 11.9. The normalized spacial score (nSPS) is 37.1. The van der Waals surface area contributed by atoms with E-state index in [-0.39, 0.29) is 31.8 Å². The van der Waals surface area contributed by atoms with Crippen LogP contribution in [0.15, 0.2) is 65.7 Å². The van der Waals surface area contributed by atoms with Crippen molar-refractivity contribution in [1.82, 2.24) is 5.32 Å². The Bertz CT molecular complexity index is 1920. The van der Waals surface area contributed by atoms with Crippen LogP contribution >= 0.6 is 0 Å². The van der Waals surface area contributed by atoms with Gasteiger partial charge in [0.1, 0.15) is 29.2 Å². The van der Waals surface area contributed by atoms with Crippen LogP contribution in [0.3, 0.4) is 0 Å². The molecule has 14 heteroatoms. The van der Waals surface area contributed by atoms with Gasteiger partial charge in [-0.3, -0.25) is 9.59 Å². The van der Waals surface area contributed by atoms with E-state index >= 15 is 0 Å². The topological polar surface area (TPSA) is 200 Å². The first-order chi connectivity index (χ1) is 27.3. The standard InChI is InChI=1S/C44H57NO13/c1-22(2)18-28(45-38(49)25-12-10-9-11-13-25)33(47)39(50)56-29-20-44(52)36(48)35-42(7)30(19-31-43(35,51)21-54-31)57-40(26-14-16-27(53-8)17-15-26)58-37(42)34(55-24(4)46)32(23(29)3)41(44,5)6/h9-17,22,28-31,33-37,40,47-48,51-52H,18-21H2,1-8H3,(H,45,49)/t28-,29-,30-,31+,33+,34?,35-,36-,37-,40?,42+,43-,44+/m0/s1. The summed E-state index contributed by atoms with van der Waals surface area (Å²) in [5.74, 6) is -2.77. The molecule has 0 aromatic heterocycles. The molecule has 2 heterocycles. The Morgan fingerprint density at radius 1 is 0.966 bits per heavy atom. The second-order valence-corrected chi connectivity index (χ2v) is 17.9. The molecule has 13 atom stereocenters. The van der Waals surface area contributed by atoms with Crippen LogP contribution in [0.5, 0.6) is 5.75 Å². The number of amides is 1. The van der Waals surface area contributed by atoms with Gasteiger partial charge in [0, 0.05) is 47.6 Å². The van der Waals surface area contributed by atoms with Gasteiger partial charge in [-0.15, -0.1) is 0 Å². The number of nitrogens with one attached hydrogen (secondary N) is 1. The van der Waals surface area contributed by atoms with Gasteiger partial charge in [0.05, 0.1) is 38.1 Å². The lowest BCUT2D eigenvalue weighted by atomic mass is 9.44. The van der Waals surface area contributed by atoms with Crippen LogP contribution < -0.4 is 10.1 Å². The van der Waals surface area contributed by atoms with Crippen LogP contribution in [0.1, 0.15) is 89.9 Å². The summed E-state index contributed by atoms with van der Waals surface area (Å²) in [6, 6.07) is 14.5. The van der Waals surface area contributed by atoms with Crippen molar-refractivity contribution in [3.8, 4) is 5.75 Å². The van der Waals surface area contributed by atoms with E-state index in [9.17, 15) is 34.8 Å². The summed E-state index contributed by atoms with van der Waals surface area (Å²) in [6.07, 6.45) is -9.41. The lowest BCUT2D eigenvalue weighted by Crippen LogP contribution is -2.82. The summed E-state index contributed by atoms with van der Waals surface area (Å²) in [5, 5.41) is 52.7. The SMILES string of the molecule is COc1ccc(C2O[C@H]3C[C@H]4OC[C@@]4(O)[C@H]4[C@H](O)[C@]5(O)C[C@H](OC(=O)[C@H](O)[C@H](CC(C)C)NC(=O)c6ccccc6)C(C)=C(C(OC(C)=O)[C@H](O2)[C@]34C)C5(C)C)cc1. The van der Waals surface area contributed by atoms with E-state index < -0.39 is 101 Å². The molecule has 7 rings (SSSR count). The Morgan fingerprint density at radius 2 is 1.64 bits per heavy atom. The number of aliphatic hydroxyl groups is 4. The van der Waals surface area contributed by atoms with Crippen molar-refractivity contribution in [1.29, 1.82) is 0 Å². The minimum atomic E-state index is -2.13. The molecule has 14 nitrogen and oxygen atoms in total. The highest BCUT2D eigenvalue weighted by atomic mass is 16.7. The third kappa shape index (κ3) is 6.74. The van der Waals surface area contributed by atoms with Gasteiger partial charge in [-0.05, 0) is 54.7 Å². The number of methoxy groups -OCH3 is 1. The number of ether oxygens (including phenoxy) is 6. The van der Waals surface area contributed by atoms with Gasteiger partial charge >= 0.3 is 11.9 Å². The lowest BCUT2D eigenvalue weighted by molar-refractivity contribution is -0.414. The molecular weight excluding hydrogens is 750 g/mol. The number of hydrogen-bond donors (Lipinski definition) is 5. The van der Waals surface area contributed by atoms with Crippen LogP contribution in [0, 0.1) is 22.7 Å². The molecule has 5 aliphatic rings. The summed E-state index contributed by atoms with van der Waals surface area (Å²) >= 11 is 0. The zero-order valence-electron chi connectivity index (χ0n) is 34.3. The van der Waals surface area contributed by atoms with E-state index in [1.165, 1.54) is 6.92 Å². The van der Waals surface area contributed by atoms with Gasteiger partial charge in [0.25, 0.3) is 5.91 Å². The highest BCUT2D eigenvalue weighted by molar-refractivity contribution is 5.94. The number of carbonyl (C=O) groups is 3. The molecule has 5 N–H and O–H groups in total. The highest BCUT2D eigenvalue weighted by Crippen LogP contribution is 2.66. The van der Waals surface area contributed by atoms with Gasteiger partial charge in [-0.25, -0.2) is 4.79 Å². The number of benzene rings is 2. The highest BCUT2D eigenvalue weighted by Gasteiger charge is 2.77. The molecule has 2 unspecified atom stereocenters. The number of fused-ring (bicyclic) bond motifs is 4. The Labute approximate surface area is 338 Å². The largest absolute Gasteiger partial charge is 0.497 e. The monoisotopic (exact) mass is 807 g/mol. The van der Waals surface area contributed by atoms with Crippen molar-refractivity contribution in [2.75, 3.05) is 13.7 Å². The molecule has 58 heavy (non-hydrogen) atoms. The number of esters is 2. The molecule has 316 valence electrons. The van der Waals surface area contributed by atoms with Crippen molar-refractivity contribution in [3.63, 3.8) is 0 Å². The van der Waals surface area contributed by atoms with Gasteiger partial charge in [-0.2, -0.15) is 0 Å². The number of hydrogen-bond acceptors (Lipinski definition) is 13. The molecule has 2 saturated carbocycles. The molecule has 2 saturated heterocycles. The Hall–Kier alpha value is -3.89. The number of aliphatic hydroxyl groups excluding tert-OH is 2. The average Bonchev–Trinajstić information content (AvgIpc) is 3.17. The lowest BCUT2D eigenvalue weighted by Gasteiger charge is -2.70. The Morgan fingerprint density at radius 3 is 2.22 bits per heavy atom. The minimum Gasteiger partial charge on any atom is -0.497 e. The van der Waals surface area contributed by atoms with Gasteiger partial charge in [0.2, 0.25) is 0 Å². The van der Waals surface area contributed by atoms with Crippen molar-refractivity contribution < 1.29 is 63.2 Å². The molecule has 2 aliphatic heterocycles. The van der Waals surface area contributed by atoms with E-state index in [4.69, 9.17) is 28.4 Å². The fourth-order valence-corrected chi connectivity index (χ4v) is 10.6. The van der Waals surface area contributed by atoms with E-state index in [0.717, 1.165) is 0 Å². The smallest absolute Gasteiger partial charge is 0.337 e. The van der Waals surface area contributed by atoms with Gasteiger partial charge < -0.3 is 54.2 Å². The van der Waals surface area contributed by atoms with E-state index in [2.05, 4.69) is 5.32 Å². The quantitative estimate of drug-likeness (QED) is 0.173. The Balaban J connectivity index is 1.32. The second kappa shape index (κ2) is 15.3. The second-order valence-electron chi connectivity index (χ2n) is 17.9. The summed E-state index contributed by atoms with van der Waals surface area (Å²) in [4.78, 5) is 40.4.